The molecule has 128 heavy (non-hydrogen) atoms. The Hall–Kier alpha value is -9.24. The summed E-state index contributed by atoms with van der Waals surface area (Å²) < 4.78 is 0. The molecular formula is C116H147N9Zr3. The van der Waals surface area contributed by atoms with Crippen LogP contribution in [0.1, 0.15) is 221 Å². The number of nitrogens with zero attached hydrogens (tertiary/aromatic N) is 8. The Bertz CT molecular complexity index is 3800. The van der Waals surface area contributed by atoms with Crippen LogP contribution < -0.4 is 5.43 Å². The third-order valence-electron chi connectivity index (χ3n) is 19.9. The Morgan fingerprint density at radius 3 is 0.547 bits per heavy atom. The summed E-state index contributed by atoms with van der Waals surface area (Å²) >= 11 is 0. The molecule has 3 aliphatic rings. The van der Waals surface area contributed by atoms with Gasteiger partial charge in [-0.25, -0.2) is 10.4 Å². The third-order valence-corrected chi connectivity index (χ3v) is 19.9. The molecule has 3 aliphatic heterocycles. The van der Waals surface area contributed by atoms with Crippen LogP contribution in [0.15, 0.2) is 377 Å². The minimum Gasteiger partial charge on any atom is -0.584 e. The van der Waals surface area contributed by atoms with Gasteiger partial charge in [-0.3, -0.25) is 15.0 Å². The number of hydrazine groups is 1. The quantitative estimate of drug-likeness (QED) is 0.144. The first-order valence-electron chi connectivity index (χ1n) is 43.5. The van der Waals surface area contributed by atoms with Crippen LogP contribution in [0.25, 0.3) is 10.9 Å². The maximum atomic E-state index is 4.97. The maximum absolute atomic E-state index is 4.97. The molecule has 3 saturated heterocycles. The fourth-order valence-electron chi connectivity index (χ4n) is 12.9. The van der Waals surface area contributed by atoms with Crippen molar-refractivity contribution < 1.29 is 78.6 Å². The average Bonchev–Trinajstić information content (AvgIpc) is 0.826. The van der Waals surface area contributed by atoms with Crippen LogP contribution >= 0.6 is 0 Å². The third kappa shape index (κ3) is 54.3. The van der Waals surface area contributed by atoms with Gasteiger partial charge in [0.05, 0.1) is 11.2 Å². The smallest absolute Gasteiger partial charge is 0.584 e. The van der Waals surface area contributed by atoms with Crippen molar-refractivity contribution in [2.75, 3.05) is 0 Å². The van der Waals surface area contributed by atoms with Crippen molar-refractivity contribution in [1.29, 1.82) is 0 Å². The minimum absolute atomic E-state index is 0. The maximum Gasteiger partial charge on any atom is 4.00 e. The summed E-state index contributed by atoms with van der Waals surface area (Å²) in [6.45, 7) is 63.9. The number of benzene rings is 10. The van der Waals surface area contributed by atoms with Crippen molar-refractivity contribution >= 4 is 0 Å². The first-order chi connectivity index (χ1) is 59.5. The van der Waals surface area contributed by atoms with Gasteiger partial charge in [-0.05, 0) is 127 Å². The molecule has 6 atom stereocenters. The molecule has 9 nitrogen and oxygen atoms in total. The van der Waals surface area contributed by atoms with Crippen LogP contribution in [-0.4, -0.2) is 66.2 Å². The molecule has 0 unspecified atom stereocenters. The molecule has 10 aromatic carbocycles. The Labute approximate surface area is 836 Å². The number of hydrogen-bond acceptors (Lipinski definition) is 7. The number of rotatable bonds is 9. The van der Waals surface area contributed by atoms with Crippen LogP contribution in [0.4, 0.5) is 0 Å². The number of hydrogen-bond donors (Lipinski definition) is 1. The molecule has 6 heterocycles. The Balaban J connectivity index is 0.00000139. The minimum atomic E-state index is -0.249. The summed E-state index contributed by atoms with van der Waals surface area (Å²) in [5.74, 6) is 0. The van der Waals surface area contributed by atoms with Crippen molar-refractivity contribution in [2.45, 2.75) is 201 Å². The molecule has 0 aliphatic carbocycles. The second kappa shape index (κ2) is 69.7. The van der Waals surface area contributed by atoms with E-state index in [1.807, 2.05) is 352 Å². The summed E-state index contributed by atoms with van der Waals surface area (Å²) in [6.07, 6.45) is 17.0. The van der Waals surface area contributed by atoms with Gasteiger partial charge in [0.2, 0.25) is 0 Å². The second-order valence-electron chi connectivity index (χ2n) is 32.6. The van der Waals surface area contributed by atoms with Crippen LogP contribution in [-0.2, 0) is 95.2 Å². The molecule has 13 aromatic rings. The monoisotopic (exact) mass is 1940 g/mol. The molecule has 1 N–H and O–H groups in total. The predicted molar refractivity (Wildman–Crippen MR) is 541 cm³/mol. The van der Waals surface area contributed by atoms with E-state index in [0.717, 1.165) is 72.7 Å². The standard InChI is InChI=1S/C15H25N3.2C15H24N3.10C7H7.CH4.3Zr/c3*1-12-8-7-9-13(2)18(12)17-15(3,4)14-10-5-6-11-16-14;10*1-7-5-3-2-4-6-7;;;;/h5-6,10-13,17H,7-9H2,1-4H3;2*5-6,10-13H,7-9H2,1-4H3;10*2-6H,1H2;1H4;;;/q;12*-1;;3*+4/t3*12-,13+;;;;;;;;;;;;;;. The van der Waals surface area contributed by atoms with E-state index in [0.29, 0.717) is 36.3 Å². The first kappa shape index (κ1) is 119. The summed E-state index contributed by atoms with van der Waals surface area (Å²) in [5, 5.41) is 6.99. The SMILES string of the molecule is C.C[C@@H]1CCC[C@H](C)N1NC(C)(C)c1ccccn1.C[C@@H]1CCC[C@H](C)N1[N-]C(C)(C)c1ccccn1.C[C@@H]1CCC[C@H](C)N1[N-]C(C)(C)c1ccccn1.[CH2-]c1ccccc1.[CH2-]c1ccccc1.[CH2-]c1ccccc1.[CH2-]c1ccccc1.[CH2-]c1ccccc1.[CH2-]c1ccccc1.[CH2-]c1ccccc1.[CH2-]c1ccccc1.[CH2-]c1ccccc1.[CH2-]c1ccccc1.[Zr+4].[Zr+4].[Zr+4]. The van der Waals surface area contributed by atoms with E-state index in [4.69, 9.17) is 10.9 Å². The number of piperidine rings is 3. The van der Waals surface area contributed by atoms with Crippen LogP contribution in [0.5, 0.6) is 0 Å². The molecule has 668 valence electrons. The van der Waals surface area contributed by atoms with E-state index < -0.39 is 0 Å². The van der Waals surface area contributed by atoms with E-state index in [-0.39, 0.29) is 103 Å². The Morgan fingerprint density at radius 1 is 0.242 bits per heavy atom. The molecule has 0 amide bonds. The zero-order valence-corrected chi connectivity index (χ0v) is 85.6. The van der Waals surface area contributed by atoms with Crippen LogP contribution in [0.2, 0.25) is 0 Å². The van der Waals surface area contributed by atoms with Gasteiger partial charge in [0.25, 0.3) is 0 Å². The van der Waals surface area contributed by atoms with Crippen molar-refractivity contribution in [3.05, 3.63) is 529 Å². The summed E-state index contributed by atoms with van der Waals surface area (Å²) in [6, 6.07) is 120. The molecule has 0 bridgehead atoms. The molecule has 0 saturated carbocycles. The second-order valence-corrected chi connectivity index (χ2v) is 32.6. The van der Waals surface area contributed by atoms with Crippen molar-refractivity contribution in [3.63, 3.8) is 0 Å². The predicted octanol–water partition coefficient (Wildman–Crippen LogP) is 30.1. The fraction of sp³-hybridized carbons (Fsp3) is 0.267. The topological polar surface area (TPSA) is 88.6 Å². The Kier molecular flexibility index (Phi) is 64.7. The molecular weight excluding hydrogens is 1790 g/mol. The average molecular weight is 1940 g/mol. The van der Waals surface area contributed by atoms with Gasteiger partial charge in [-0.2, -0.15) is 246 Å². The van der Waals surface area contributed by atoms with Gasteiger partial charge < -0.3 is 20.9 Å². The van der Waals surface area contributed by atoms with Crippen molar-refractivity contribution in [2.24, 2.45) is 0 Å². The molecule has 3 aromatic heterocycles. The van der Waals surface area contributed by atoms with E-state index in [9.17, 15) is 0 Å². The van der Waals surface area contributed by atoms with E-state index in [1.54, 1.807) is 0 Å². The van der Waals surface area contributed by atoms with E-state index in [2.05, 4.69) is 212 Å². The Morgan fingerprint density at radius 2 is 0.398 bits per heavy atom. The zero-order chi connectivity index (χ0) is 90.6. The number of aromatic nitrogens is 3. The van der Waals surface area contributed by atoms with Gasteiger partial charge in [-0.15, -0.1) is 121 Å². The molecule has 0 radical (unpaired) electrons. The van der Waals surface area contributed by atoms with Gasteiger partial charge in [0, 0.05) is 42.1 Å². The van der Waals surface area contributed by atoms with Crippen molar-refractivity contribution in [3.8, 4) is 0 Å². The summed E-state index contributed by atoms with van der Waals surface area (Å²) in [4.78, 5) is 13.4. The summed E-state index contributed by atoms with van der Waals surface area (Å²) in [5.41, 5.74) is 26.9. The zero-order valence-electron chi connectivity index (χ0n) is 78.3. The molecule has 3 fully saturated rings. The summed E-state index contributed by atoms with van der Waals surface area (Å²) in [7, 11) is 0. The molecule has 16 rings (SSSR count). The number of pyridine rings is 3. The van der Waals surface area contributed by atoms with Gasteiger partial charge in [-0.1, -0.05) is 172 Å². The fourth-order valence-corrected chi connectivity index (χ4v) is 12.9. The van der Waals surface area contributed by atoms with Gasteiger partial charge in [0.15, 0.2) is 0 Å². The van der Waals surface area contributed by atoms with Crippen LogP contribution in [0.3, 0.4) is 0 Å². The van der Waals surface area contributed by atoms with Crippen molar-refractivity contribution in [1.82, 2.24) is 35.4 Å². The van der Waals surface area contributed by atoms with E-state index in [1.165, 1.54) is 57.8 Å². The van der Waals surface area contributed by atoms with E-state index >= 15 is 0 Å². The molecule has 0 spiro atoms. The van der Waals surface area contributed by atoms with Crippen LogP contribution in [0, 0.1) is 69.2 Å². The number of nitrogens with one attached hydrogen (secondary N) is 1. The largest absolute Gasteiger partial charge is 4.00 e. The molecule has 12 heteroatoms. The van der Waals surface area contributed by atoms with Gasteiger partial charge in [0.1, 0.15) is 0 Å². The first-order valence-corrected chi connectivity index (χ1v) is 43.5. The van der Waals surface area contributed by atoms with Gasteiger partial charge >= 0.3 is 78.6 Å². The normalized spacial score (nSPS) is 15.8.